The van der Waals surface area contributed by atoms with Gasteiger partial charge in [0, 0.05) is 5.69 Å². The Morgan fingerprint density at radius 3 is 2.94 bits per heavy atom. The third-order valence-electron chi connectivity index (χ3n) is 3.02. The van der Waals surface area contributed by atoms with Crippen molar-refractivity contribution in [2.24, 2.45) is 0 Å². The number of benzene rings is 1. The van der Waals surface area contributed by atoms with Gasteiger partial charge >= 0.3 is 5.97 Å². The Hall–Kier alpha value is -1.75. The zero-order valence-electron chi connectivity index (χ0n) is 10.3. The van der Waals surface area contributed by atoms with Gasteiger partial charge in [0.15, 0.2) is 0 Å². The summed E-state index contributed by atoms with van der Waals surface area (Å²) in [4.78, 5) is 11.1. The first kappa shape index (κ1) is 12.7. The van der Waals surface area contributed by atoms with Crippen molar-refractivity contribution in [2.45, 2.75) is 32.0 Å². The number of anilines is 1. The lowest BCUT2D eigenvalue weighted by Crippen LogP contribution is -2.19. The van der Waals surface area contributed by atoms with E-state index in [1.54, 1.807) is 18.2 Å². The fourth-order valence-corrected chi connectivity index (χ4v) is 2.09. The molecule has 98 valence electrons. The van der Waals surface area contributed by atoms with Gasteiger partial charge < -0.3 is 20.3 Å². The van der Waals surface area contributed by atoms with E-state index in [4.69, 9.17) is 20.3 Å². The van der Waals surface area contributed by atoms with Gasteiger partial charge in [-0.3, -0.25) is 0 Å². The molecular formula is C13H17NO4. The molecule has 1 aromatic carbocycles. The standard InChI is InChI=1S/C13H17NO4/c1-8-5-6-9(18-8)7-17-11-4-2-3-10(14)12(11)13(15)16/h2-4,8-9H,5-7,14H2,1H3,(H,15,16). The second-order valence-electron chi connectivity index (χ2n) is 4.48. The summed E-state index contributed by atoms with van der Waals surface area (Å²) in [7, 11) is 0. The van der Waals surface area contributed by atoms with E-state index >= 15 is 0 Å². The molecule has 18 heavy (non-hydrogen) atoms. The molecule has 1 aromatic rings. The molecule has 0 amide bonds. The summed E-state index contributed by atoms with van der Waals surface area (Å²) in [5, 5.41) is 9.09. The zero-order chi connectivity index (χ0) is 13.1. The van der Waals surface area contributed by atoms with E-state index < -0.39 is 5.97 Å². The minimum absolute atomic E-state index is 0.0172. The van der Waals surface area contributed by atoms with E-state index in [9.17, 15) is 4.79 Å². The maximum Gasteiger partial charge on any atom is 0.341 e. The van der Waals surface area contributed by atoms with Crippen molar-refractivity contribution in [2.75, 3.05) is 12.3 Å². The van der Waals surface area contributed by atoms with Crippen molar-refractivity contribution < 1.29 is 19.4 Å². The molecule has 1 aliphatic heterocycles. The van der Waals surface area contributed by atoms with Crippen LogP contribution in [0.2, 0.25) is 0 Å². The van der Waals surface area contributed by atoms with Crippen LogP contribution in [0.1, 0.15) is 30.1 Å². The Morgan fingerprint density at radius 2 is 2.33 bits per heavy atom. The topological polar surface area (TPSA) is 81.8 Å². The second-order valence-corrected chi connectivity index (χ2v) is 4.48. The molecule has 5 heteroatoms. The summed E-state index contributed by atoms with van der Waals surface area (Å²) in [5.74, 6) is -0.783. The lowest BCUT2D eigenvalue weighted by Gasteiger charge is -2.14. The van der Waals surface area contributed by atoms with Gasteiger partial charge in [-0.2, -0.15) is 0 Å². The van der Waals surface area contributed by atoms with E-state index in [-0.39, 0.29) is 23.5 Å². The van der Waals surface area contributed by atoms with Crippen molar-refractivity contribution in [1.82, 2.24) is 0 Å². The van der Waals surface area contributed by atoms with Gasteiger partial charge in [0.05, 0.1) is 12.2 Å². The lowest BCUT2D eigenvalue weighted by atomic mass is 10.1. The molecule has 0 spiro atoms. The van der Waals surface area contributed by atoms with Crippen LogP contribution >= 0.6 is 0 Å². The van der Waals surface area contributed by atoms with Crippen LogP contribution in [0.15, 0.2) is 18.2 Å². The molecule has 1 heterocycles. The molecular weight excluding hydrogens is 234 g/mol. The number of carboxylic acid groups (broad SMARTS) is 1. The van der Waals surface area contributed by atoms with Crippen LogP contribution < -0.4 is 10.5 Å². The Labute approximate surface area is 106 Å². The smallest absolute Gasteiger partial charge is 0.341 e. The average molecular weight is 251 g/mol. The maximum atomic E-state index is 11.1. The Kier molecular flexibility index (Phi) is 3.72. The van der Waals surface area contributed by atoms with Gasteiger partial charge in [-0.1, -0.05) is 6.07 Å². The quantitative estimate of drug-likeness (QED) is 0.799. The SMILES string of the molecule is CC1CCC(COc2cccc(N)c2C(=O)O)O1. The average Bonchev–Trinajstić information content (AvgIpc) is 2.72. The third-order valence-corrected chi connectivity index (χ3v) is 3.02. The van der Waals surface area contributed by atoms with E-state index in [0.29, 0.717) is 12.4 Å². The second kappa shape index (κ2) is 5.27. The van der Waals surface area contributed by atoms with E-state index in [2.05, 4.69) is 0 Å². The minimum atomic E-state index is -1.08. The molecule has 5 nitrogen and oxygen atoms in total. The highest BCUT2D eigenvalue weighted by Crippen LogP contribution is 2.26. The van der Waals surface area contributed by atoms with Crippen LogP contribution in [0, 0.1) is 0 Å². The molecule has 3 N–H and O–H groups in total. The van der Waals surface area contributed by atoms with Gasteiger partial charge in [-0.25, -0.2) is 4.79 Å². The number of ether oxygens (including phenoxy) is 2. The first-order chi connectivity index (χ1) is 8.58. The van der Waals surface area contributed by atoms with E-state index in [0.717, 1.165) is 12.8 Å². The van der Waals surface area contributed by atoms with Crippen LogP contribution in [0.4, 0.5) is 5.69 Å². The van der Waals surface area contributed by atoms with Crippen molar-refractivity contribution >= 4 is 11.7 Å². The summed E-state index contributed by atoms with van der Waals surface area (Å²) in [6.07, 6.45) is 2.23. The van der Waals surface area contributed by atoms with Crippen LogP contribution in [0.3, 0.4) is 0 Å². The summed E-state index contributed by atoms with van der Waals surface area (Å²) in [6.45, 7) is 2.37. The first-order valence-electron chi connectivity index (χ1n) is 5.98. The van der Waals surface area contributed by atoms with Crippen LogP contribution in [0.25, 0.3) is 0 Å². The van der Waals surface area contributed by atoms with Gasteiger partial charge in [0.2, 0.25) is 0 Å². The van der Waals surface area contributed by atoms with Crippen molar-refractivity contribution in [3.63, 3.8) is 0 Å². The zero-order valence-corrected chi connectivity index (χ0v) is 10.3. The molecule has 2 atom stereocenters. The highest BCUT2D eigenvalue weighted by molar-refractivity contribution is 5.96. The molecule has 1 aliphatic rings. The number of hydrogen-bond donors (Lipinski definition) is 2. The third kappa shape index (κ3) is 2.73. The Bertz CT molecular complexity index is 447. The van der Waals surface area contributed by atoms with E-state index in [1.165, 1.54) is 0 Å². The predicted octanol–water partition coefficient (Wildman–Crippen LogP) is 1.91. The number of nitrogens with two attached hydrogens (primary N) is 1. The summed E-state index contributed by atoms with van der Waals surface area (Å²) < 4.78 is 11.1. The van der Waals surface area contributed by atoms with Crippen LogP contribution in [0.5, 0.6) is 5.75 Å². The molecule has 0 aromatic heterocycles. The van der Waals surface area contributed by atoms with Crippen molar-refractivity contribution in [1.29, 1.82) is 0 Å². The highest BCUT2D eigenvalue weighted by Gasteiger charge is 2.23. The van der Waals surface area contributed by atoms with E-state index in [1.807, 2.05) is 6.92 Å². The fraction of sp³-hybridized carbons (Fsp3) is 0.462. The molecule has 2 rings (SSSR count). The van der Waals surface area contributed by atoms with Crippen molar-refractivity contribution in [3.8, 4) is 5.75 Å². The first-order valence-corrected chi connectivity index (χ1v) is 5.98. The molecule has 2 unspecified atom stereocenters. The van der Waals surface area contributed by atoms with Gasteiger partial charge in [0.1, 0.15) is 17.9 Å². The molecule has 0 aliphatic carbocycles. The lowest BCUT2D eigenvalue weighted by molar-refractivity contribution is 0.0259. The fourth-order valence-electron chi connectivity index (χ4n) is 2.09. The summed E-state index contributed by atoms with van der Waals surface area (Å²) in [6, 6.07) is 4.83. The molecule has 1 fully saturated rings. The van der Waals surface area contributed by atoms with Gasteiger partial charge in [-0.05, 0) is 31.9 Å². The number of rotatable bonds is 4. The monoisotopic (exact) mass is 251 g/mol. The molecule has 0 bridgehead atoms. The Morgan fingerprint density at radius 1 is 1.56 bits per heavy atom. The molecule has 0 saturated carbocycles. The van der Waals surface area contributed by atoms with Crippen molar-refractivity contribution in [3.05, 3.63) is 23.8 Å². The van der Waals surface area contributed by atoms with Crippen LogP contribution in [-0.4, -0.2) is 29.9 Å². The van der Waals surface area contributed by atoms with Gasteiger partial charge in [-0.15, -0.1) is 0 Å². The maximum absolute atomic E-state index is 11.1. The number of aromatic carboxylic acids is 1. The highest BCUT2D eigenvalue weighted by atomic mass is 16.5. The number of carbonyl (C=O) groups is 1. The predicted molar refractivity (Wildman–Crippen MR) is 66.9 cm³/mol. The van der Waals surface area contributed by atoms with Crippen LogP contribution in [-0.2, 0) is 4.74 Å². The summed E-state index contributed by atoms with van der Waals surface area (Å²) in [5.41, 5.74) is 5.86. The number of hydrogen-bond acceptors (Lipinski definition) is 4. The van der Waals surface area contributed by atoms with Gasteiger partial charge in [0.25, 0.3) is 0 Å². The number of nitrogen functional groups attached to an aromatic ring is 1. The number of carboxylic acids is 1. The molecule has 1 saturated heterocycles. The normalized spacial score (nSPS) is 22.9. The minimum Gasteiger partial charge on any atom is -0.490 e. The Balaban J connectivity index is 2.05. The largest absolute Gasteiger partial charge is 0.490 e. The summed E-state index contributed by atoms with van der Waals surface area (Å²) >= 11 is 0. The molecule has 0 radical (unpaired) electrons.